The Hall–Kier alpha value is -0.380. The van der Waals surface area contributed by atoms with Gasteiger partial charge in [-0.3, -0.25) is 9.00 Å². The number of carbonyl (C=O) groups is 1. The SMILES string of the molecule is CS(=O)CC(=O)NCC(C)(C)C.[HH]. The number of rotatable bonds is 3. The summed E-state index contributed by atoms with van der Waals surface area (Å²) in [6.45, 7) is 6.74. The molecule has 1 amide bonds. The van der Waals surface area contributed by atoms with Crippen molar-refractivity contribution >= 4 is 16.7 Å². The highest BCUT2D eigenvalue weighted by atomic mass is 32.2. The molecule has 12 heavy (non-hydrogen) atoms. The minimum atomic E-state index is -1.04. The highest BCUT2D eigenvalue weighted by Crippen LogP contribution is 2.09. The Labute approximate surface area is 77.9 Å². The summed E-state index contributed by atoms with van der Waals surface area (Å²) < 4.78 is 10.6. The summed E-state index contributed by atoms with van der Waals surface area (Å²) in [5.74, 6) is -0.0263. The van der Waals surface area contributed by atoms with E-state index >= 15 is 0 Å². The van der Waals surface area contributed by atoms with E-state index in [1.165, 1.54) is 6.26 Å². The van der Waals surface area contributed by atoms with Crippen molar-refractivity contribution in [2.24, 2.45) is 5.41 Å². The van der Waals surface area contributed by atoms with Gasteiger partial charge in [0.2, 0.25) is 5.91 Å². The van der Waals surface area contributed by atoms with Gasteiger partial charge in [-0.15, -0.1) is 0 Å². The zero-order valence-electron chi connectivity index (χ0n) is 8.14. The van der Waals surface area contributed by atoms with Crippen LogP contribution in [0.3, 0.4) is 0 Å². The Morgan fingerprint density at radius 3 is 2.33 bits per heavy atom. The lowest BCUT2D eigenvalue weighted by molar-refractivity contribution is -0.119. The van der Waals surface area contributed by atoms with Gasteiger partial charge in [0.15, 0.2) is 0 Å². The lowest BCUT2D eigenvalue weighted by atomic mass is 9.97. The molecular formula is C8H19NO2S. The molecule has 0 aliphatic carbocycles. The van der Waals surface area contributed by atoms with Gasteiger partial charge in [-0.05, 0) is 5.41 Å². The molecule has 0 aliphatic rings. The molecule has 1 N–H and O–H groups in total. The van der Waals surface area contributed by atoms with Gasteiger partial charge < -0.3 is 5.32 Å². The maximum atomic E-state index is 11.0. The molecule has 0 heterocycles. The average Bonchev–Trinajstić information content (AvgIpc) is 1.80. The van der Waals surface area contributed by atoms with Crippen LogP contribution < -0.4 is 5.32 Å². The van der Waals surface area contributed by atoms with E-state index in [1.807, 2.05) is 20.8 Å². The topological polar surface area (TPSA) is 46.2 Å². The van der Waals surface area contributed by atoms with Gasteiger partial charge in [-0.2, -0.15) is 0 Å². The van der Waals surface area contributed by atoms with Gasteiger partial charge in [0.25, 0.3) is 0 Å². The molecule has 0 bridgehead atoms. The third-order valence-corrected chi connectivity index (χ3v) is 1.82. The largest absolute Gasteiger partial charge is 0.355 e. The van der Waals surface area contributed by atoms with E-state index in [-0.39, 0.29) is 18.5 Å². The van der Waals surface area contributed by atoms with Gasteiger partial charge in [-0.1, -0.05) is 20.8 Å². The van der Waals surface area contributed by atoms with Gasteiger partial charge in [0.1, 0.15) is 5.75 Å². The maximum absolute atomic E-state index is 11.0. The Morgan fingerprint density at radius 1 is 1.50 bits per heavy atom. The lowest BCUT2D eigenvalue weighted by Gasteiger charge is -2.18. The molecule has 0 aromatic carbocycles. The smallest absolute Gasteiger partial charge is 0.232 e. The minimum absolute atomic E-state index is 0. The summed E-state index contributed by atoms with van der Waals surface area (Å²) in [5.41, 5.74) is 0.0882. The molecule has 1 atom stereocenters. The molecule has 0 fully saturated rings. The molecule has 0 aromatic rings. The third kappa shape index (κ3) is 7.72. The highest BCUT2D eigenvalue weighted by Gasteiger charge is 2.12. The third-order valence-electron chi connectivity index (χ3n) is 1.15. The number of carbonyl (C=O) groups excluding carboxylic acids is 1. The summed E-state index contributed by atoms with van der Waals surface area (Å²) in [6.07, 6.45) is 1.52. The van der Waals surface area contributed by atoms with E-state index in [1.54, 1.807) is 0 Å². The Balaban J connectivity index is 0. The molecule has 74 valence electrons. The van der Waals surface area contributed by atoms with Crippen LogP contribution in [0.1, 0.15) is 22.2 Å². The van der Waals surface area contributed by atoms with Crippen molar-refractivity contribution < 1.29 is 10.4 Å². The minimum Gasteiger partial charge on any atom is -0.355 e. The molecule has 0 saturated carbocycles. The fraction of sp³-hybridized carbons (Fsp3) is 0.875. The molecule has 0 rings (SSSR count). The van der Waals surface area contributed by atoms with Crippen molar-refractivity contribution in [1.29, 1.82) is 0 Å². The molecule has 0 radical (unpaired) electrons. The van der Waals surface area contributed by atoms with Crippen molar-refractivity contribution in [1.82, 2.24) is 5.32 Å². The molecular weight excluding hydrogens is 174 g/mol. The van der Waals surface area contributed by atoms with E-state index in [9.17, 15) is 9.00 Å². The molecule has 3 nitrogen and oxygen atoms in total. The van der Waals surface area contributed by atoms with Gasteiger partial charge in [0, 0.05) is 25.0 Å². The van der Waals surface area contributed by atoms with Gasteiger partial charge in [-0.25, -0.2) is 0 Å². The van der Waals surface area contributed by atoms with E-state index in [0.29, 0.717) is 6.54 Å². The van der Waals surface area contributed by atoms with E-state index in [2.05, 4.69) is 5.32 Å². The molecule has 1 unspecified atom stereocenters. The first kappa shape index (κ1) is 11.6. The Bertz CT molecular complexity index is 189. The van der Waals surface area contributed by atoms with Crippen LogP contribution in [0.4, 0.5) is 0 Å². The van der Waals surface area contributed by atoms with Crippen molar-refractivity contribution in [3.05, 3.63) is 0 Å². The highest BCUT2D eigenvalue weighted by molar-refractivity contribution is 7.85. The second-order valence-electron chi connectivity index (χ2n) is 4.05. The van der Waals surface area contributed by atoms with E-state index in [0.717, 1.165) is 0 Å². The van der Waals surface area contributed by atoms with Crippen LogP contribution in [-0.2, 0) is 15.6 Å². The second kappa shape index (κ2) is 4.60. The lowest BCUT2D eigenvalue weighted by Crippen LogP contribution is -2.34. The predicted octanol–water partition coefficient (Wildman–Crippen LogP) is 0.773. The van der Waals surface area contributed by atoms with Crippen molar-refractivity contribution in [2.45, 2.75) is 20.8 Å². The molecule has 0 saturated heterocycles. The van der Waals surface area contributed by atoms with Crippen LogP contribution >= 0.6 is 0 Å². The van der Waals surface area contributed by atoms with Crippen LogP contribution in [0.2, 0.25) is 0 Å². The predicted molar refractivity (Wildman–Crippen MR) is 53.5 cm³/mol. The summed E-state index contributed by atoms with van der Waals surface area (Å²) in [4.78, 5) is 11.0. The first-order chi connectivity index (χ1) is 5.31. The van der Waals surface area contributed by atoms with E-state index in [4.69, 9.17) is 0 Å². The van der Waals surface area contributed by atoms with Crippen LogP contribution in [0.15, 0.2) is 0 Å². The number of hydrogen-bond acceptors (Lipinski definition) is 2. The summed E-state index contributed by atoms with van der Waals surface area (Å²) in [6, 6.07) is 0. The van der Waals surface area contributed by atoms with Crippen LogP contribution in [0.5, 0.6) is 0 Å². The van der Waals surface area contributed by atoms with Gasteiger partial charge >= 0.3 is 0 Å². The Kier molecular flexibility index (Phi) is 4.45. The van der Waals surface area contributed by atoms with Crippen LogP contribution in [0.25, 0.3) is 0 Å². The fourth-order valence-electron chi connectivity index (χ4n) is 0.599. The summed E-state index contributed by atoms with van der Waals surface area (Å²) in [5, 5.41) is 2.72. The standard InChI is InChI=1S/C8H17NO2S.H2/c1-8(2,3)6-9-7(10)5-12(4)11;/h5-6H2,1-4H3,(H,9,10);1H. The second-order valence-corrected chi connectivity index (χ2v) is 5.49. The number of nitrogens with one attached hydrogen (secondary N) is 1. The number of hydrogen-bond donors (Lipinski definition) is 1. The summed E-state index contributed by atoms with van der Waals surface area (Å²) in [7, 11) is -1.04. The molecule has 0 aliphatic heterocycles. The zero-order chi connectivity index (χ0) is 9.78. The fourth-order valence-corrected chi connectivity index (χ4v) is 1.07. The van der Waals surface area contributed by atoms with Crippen LogP contribution in [-0.4, -0.2) is 28.7 Å². The average molecular weight is 193 g/mol. The number of amides is 1. The van der Waals surface area contributed by atoms with Crippen LogP contribution in [0, 0.1) is 5.41 Å². The first-order valence-electron chi connectivity index (χ1n) is 3.88. The maximum Gasteiger partial charge on any atom is 0.232 e. The van der Waals surface area contributed by atoms with Crippen molar-refractivity contribution in [3.8, 4) is 0 Å². The molecule has 0 spiro atoms. The van der Waals surface area contributed by atoms with Crippen molar-refractivity contribution in [3.63, 3.8) is 0 Å². The quantitative estimate of drug-likeness (QED) is 0.719. The van der Waals surface area contributed by atoms with Crippen molar-refractivity contribution in [2.75, 3.05) is 18.6 Å². The van der Waals surface area contributed by atoms with E-state index < -0.39 is 10.8 Å². The molecule has 4 heteroatoms. The first-order valence-corrected chi connectivity index (χ1v) is 5.61. The monoisotopic (exact) mass is 193 g/mol. The zero-order valence-corrected chi connectivity index (χ0v) is 8.96. The normalized spacial score (nSPS) is 14.0. The Morgan fingerprint density at radius 2 is 2.00 bits per heavy atom. The molecule has 0 aromatic heterocycles. The van der Waals surface area contributed by atoms with Gasteiger partial charge in [0.05, 0.1) is 0 Å². The summed E-state index contributed by atoms with van der Waals surface area (Å²) >= 11 is 0.